The monoisotopic (exact) mass is 392 g/mol. The van der Waals surface area contributed by atoms with E-state index in [-0.39, 0.29) is 0 Å². The summed E-state index contributed by atoms with van der Waals surface area (Å²) in [6, 6.07) is 21.7. The minimum Gasteiger partial charge on any atom is -0.0995 e. The molecule has 0 saturated carbocycles. The van der Waals surface area contributed by atoms with Crippen LogP contribution < -0.4 is 0 Å². The summed E-state index contributed by atoms with van der Waals surface area (Å²) in [6.45, 7) is 8.90. The van der Waals surface area contributed by atoms with Crippen molar-refractivity contribution >= 4 is 0 Å². The van der Waals surface area contributed by atoms with Gasteiger partial charge in [0.25, 0.3) is 0 Å². The van der Waals surface area contributed by atoms with Crippen molar-refractivity contribution in [2.75, 3.05) is 0 Å². The first-order valence-corrected chi connectivity index (χ1v) is 11.2. The van der Waals surface area contributed by atoms with Gasteiger partial charge in [0.1, 0.15) is 0 Å². The van der Waals surface area contributed by atoms with E-state index in [1.165, 1.54) is 39.0 Å². The zero-order valence-corrected chi connectivity index (χ0v) is 18.3. The van der Waals surface area contributed by atoms with Gasteiger partial charge in [-0.25, -0.2) is 0 Å². The van der Waals surface area contributed by atoms with Gasteiger partial charge in [-0.3, -0.25) is 0 Å². The van der Waals surface area contributed by atoms with E-state index < -0.39 is 0 Å². The molecule has 0 saturated heterocycles. The first-order valence-electron chi connectivity index (χ1n) is 11.2. The lowest BCUT2D eigenvalue weighted by Gasteiger charge is -2.24. The number of allylic oxidation sites excluding steroid dienone is 9. The topological polar surface area (TPSA) is 0 Å². The highest BCUT2D eigenvalue weighted by Crippen LogP contribution is 2.46. The highest BCUT2D eigenvalue weighted by Gasteiger charge is 2.30. The molecule has 152 valence electrons. The summed E-state index contributed by atoms with van der Waals surface area (Å²) in [5, 5.41) is 0. The zero-order valence-electron chi connectivity index (χ0n) is 18.3. The van der Waals surface area contributed by atoms with Gasteiger partial charge in [0, 0.05) is 11.8 Å². The van der Waals surface area contributed by atoms with Crippen LogP contribution in [0.1, 0.15) is 50.2 Å². The van der Waals surface area contributed by atoms with Crippen molar-refractivity contribution in [1.82, 2.24) is 0 Å². The van der Waals surface area contributed by atoms with E-state index in [2.05, 4.69) is 105 Å². The van der Waals surface area contributed by atoms with Crippen LogP contribution in [0.25, 0.3) is 0 Å². The Balaban J connectivity index is 1.51. The molecular weight excluding hydrogens is 360 g/mol. The van der Waals surface area contributed by atoms with E-state index in [0.717, 1.165) is 25.7 Å². The molecule has 0 aliphatic heterocycles. The van der Waals surface area contributed by atoms with Crippen LogP contribution in [-0.2, 0) is 6.42 Å². The van der Waals surface area contributed by atoms with Gasteiger partial charge in [-0.15, -0.1) is 0 Å². The van der Waals surface area contributed by atoms with Gasteiger partial charge in [0.2, 0.25) is 0 Å². The molecule has 0 spiro atoms. The molecule has 0 heteroatoms. The minimum atomic E-state index is 0.371. The first-order chi connectivity index (χ1) is 14.7. The van der Waals surface area contributed by atoms with Crippen LogP contribution in [0.5, 0.6) is 0 Å². The molecule has 2 aromatic rings. The minimum absolute atomic E-state index is 0.371. The average Bonchev–Trinajstić information content (AvgIpc) is 3.36. The van der Waals surface area contributed by atoms with Crippen LogP contribution in [0.2, 0.25) is 0 Å². The first kappa shape index (κ1) is 20.4. The fourth-order valence-electron chi connectivity index (χ4n) is 4.86. The highest BCUT2D eigenvalue weighted by molar-refractivity contribution is 5.58. The van der Waals surface area contributed by atoms with Crippen LogP contribution in [-0.4, -0.2) is 0 Å². The second-order valence-corrected chi connectivity index (χ2v) is 8.64. The molecule has 2 unspecified atom stereocenters. The highest BCUT2D eigenvalue weighted by atomic mass is 14.3. The lowest BCUT2D eigenvalue weighted by molar-refractivity contribution is 0.722. The molecule has 0 nitrogen and oxygen atoms in total. The van der Waals surface area contributed by atoms with Gasteiger partial charge in [-0.1, -0.05) is 115 Å². The molecule has 0 heterocycles. The lowest BCUT2D eigenvalue weighted by atomic mass is 9.79. The Morgan fingerprint density at radius 2 is 1.60 bits per heavy atom. The molecule has 0 radical (unpaired) electrons. The van der Waals surface area contributed by atoms with E-state index in [0.29, 0.717) is 11.8 Å². The van der Waals surface area contributed by atoms with E-state index in [1.807, 2.05) is 0 Å². The number of hydrogen-bond acceptors (Lipinski definition) is 0. The van der Waals surface area contributed by atoms with Crippen LogP contribution in [0, 0.1) is 5.92 Å². The van der Waals surface area contributed by atoms with Crippen molar-refractivity contribution < 1.29 is 0 Å². The summed E-state index contributed by atoms with van der Waals surface area (Å²) in [5.74, 6) is 0.915. The van der Waals surface area contributed by atoms with Gasteiger partial charge in [0.05, 0.1) is 0 Å². The van der Waals surface area contributed by atoms with Crippen molar-refractivity contribution in [3.8, 4) is 0 Å². The predicted molar refractivity (Wildman–Crippen MR) is 129 cm³/mol. The molecule has 2 aromatic carbocycles. The fraction of sp³-hybridized carbons (Fsp3) is 0.267. The average molecular weight is 393 g/mol. The Bertz CT molecular complexity index is 1010. The maximum Gasteiger partial charge on any atom is 0.0305 e. The van der Waals surface area contributed by atoms with E-state index in [4.69, 9.17) is 0 Å². The number of rotatable bonds is 8. The Morgan fingerprint density at radius 1 is 0.900 bits per heavy atom. The van der Waals surface area contributed by atoms with Gasteiger partial charge in [-0.05, 0) is 54.9 Å². The largest absolute Gasteiger partial charge is 0.0995 e. The summed E-state index contributed by atoms with van der Waals surface area (Å²) < 4.78 is 0. The number of hydrogen-bond donors (Lipinski definition) is 0. The molecule has 2 aliphatic carbocycles. The molecule has 2 aliphatic rings. The quantitative estimate of drug-likeness (QED) is 0.398. The summed E-state index contributed by atoms with van der Waals surface area (Å²) in [5.41, 5.74) is 9.99. The Hall–Kier alpha value is -2.86. The second-order valence-electron chi connectivity index (χ2n) is 8.64. The second kappa shape index (κ2) is 9.30. The Labute approximate surface area is 182 Å². The van der Waals surface area contributed by atoms with E-state index >= 15 is 0 Å². The normalized spacial score (nSPS) is 20.5. The third-order valence-electron chi connectivity index (χ3n) is 6.38. The van der Waals surface area contributed by atoms with Crippen LogP contribution in [0.15, 0.2) is 119 Å². The van der Waals surface area contributed by atoms with Crippen molar-refractivity contribution in [2.45, 2.75) is 45.4 Å². The molecular formula is C30H32. The molecule has 2 atom stereocenters. The standard InChI is InChI=1S/C30H32/c1-4-25-20-23(3)21-29(25)28-18-17-27(30(28)26-13-9-6-10-14-26)16-15-22(2)19-24-11-7-5-8-12-24/h5-14,17-18,20-21,25,30H,2,4,15-16,19H2,1,3H3. The van der Waals surface area contributed by atoms with Gasteiger partial charge >= 0.3 is 0 Å². The number of benzene rings is 2. The van der Waals surface area contributed by atoms with Gasteiger partial charge in [0.15, 0.2) is 0 Å². The molecule has 4 rings (SSSR count). The van der Waals surface area contributed by atoms with Gasteiger partial charge in [-0.2, -0.15) is 0 Å². The Morgan fingerprint density at radius 3 is 2.30 bits per heavy atom. The summed E-state index contributed by atoms with van der Waals surface area (Å²) in [4.78, 5) is 0. The van der Waals surface area contributed by atoms with E-state index in [1.54, 1.807) is 0 Å². The lowest BCUT2D eigenvalue weighted by Crippen LogP contribution is -2.09. The molecule has 0 amide bonds. The zero-order chi connectivity index (χ0) is 20.9. The van der Waals surface area contributed by atoms with Crippen LogP contribution in [0.4, 0.5) is 0 Å². The SMILES string of the molecule is C=C(CCC1=CC=C(C2=CC(C)=CC2CC)C1c1ccccc1)Cc1ccccc1. The molecule has 0 fully saturated rings. The summed E-state index contributed by atoms with van der Waals surface area (Å²) in [7, 11) is 0. The van der Waals surface area contributed by atoms with Crippen molar-refractivity contribution in [2.24, 2.45) is 5.92 Å². The molecule has 0 aromatic heterocycles. The van der Waals surface area contributed by atoms with Crippen LogP contribution in [0.3, 0.4) is 0 Å². The summed E-state index contributed by atoms with van der Waals surface area (Å²) in [6.07, 6.45) is 13.8. The fourth-order valence-corrected chi connectivity index (χ4v) is 4.86. The maximum absolute atomic E-state index is 4.38. The van der Waals surface area contributed by atoms with Crippen molar-refractivity contribution in [3.63, 3.8) is 0 Å². The smallest absolute Gasteiger partial charge is 0.0305 e. The Kier molecular flexibility index (Phi) is 6.33. The molecule has 0 bridgehead atoms. The summed E-state index contributed by atoms with van der Waals surface area (Å²) >= 11 is 0. The third-order valence-corrected chi connectivity index (χ3v) is 6.38. The van der Waals surface area contributed by atoms with Gasteiger partial charge < -0.3 is 0 Å². The van der Waals surface area contributed by atoms with Crippen molar-refractivity contribution in [1.29, 1.82) is 0 Å². The maximum atomic E-state index is 4.38. The van der Waals surface area contributed by atoms with Crippen molar-refractivity contribution in [3.05, 3.63) is 131 Å². The third kappa shape index (κ3) is 4.49. The molecule has 0 N–H and O–H groups in total. The predicted octanol–water partition coefficient (Wildman–Crippen LogP) is 8.13. The van der Waals surface area contributed by atoms with Crippen LogP contribution >= 0.6 is 0 Å². The van der Waals surface area contributed by atoms with E-state index in [9.17, 15) is 0 Å². The molecule has 30 heavy (non-hydrogen) atoms.